The minimum atomic E-state index is -1.54. The lowest BCUT2D eigenvalue weighted by Crippen LogP contribution is -2.26. The molecule has 15 heavy (non-hydrogen) atoms. The highest BCUT2D eigenvalue weighted by molar-refractivity contribution is 6.33. The maximum atomic E-state index is 11.1. The summed E-state index contributed by atoms with van der Waals surface area (Å²) in [6, 6.07) is 4.86. The highest BCUT2D eigenvalue weighted by atomic mass is 16.4. The number of aliphatic hydroxyl groups excluding tert-OH is 1. The largest absolute Gasteiger partial charge is 0.475 e. The molecule has 80 valence electrons. The first-order valence-electron chi connectivity index (χ1n) is 4.40. The Bertz CT molecular complexity index is 363. The van der Waals surface area contributed by atoms with Crippen LogP contribution in [0.3, 0.4) is 0 Å². The number of aliphatic carboxylic acids is 1. The van der Waals surface area contributed by atoms with E-state index in [0.717, 1.165) is 0 Å². The Kier molecular flexibility index (Phi) is 3.51. The Morgan fingerprint density at radius 1 is 1.40 bits per heavy atom. The van der Waals surface area contributed by atoms with Gasteiger partial charge in [-0.3, -0.25) is 9.78 Å². The second kappa shape index (κ2) is 4.65. The van der Waals surface area contributed by atoms with Crippen molar-refractivity contribution >= 4 is 11.8 Å². The molecule has 5 nitrogen and oxygen atoms in total. The van der Waals surface area contributed by atoms with Crippen LogP contribution < -0.4 is 0 Å². The van der Waals surface area contributed by atoms with Gasteiger partial charge in [-0.1, -0.05) is 13.0 Å². The molecule has 2 atom stereocenters. The smallest absolute Gasteiger partial charge is 0.372 e. The quantitative estimate of drug-likeness (QED) is 0.701. The second-order valence-corrected chi connectivity index (χ2v) is 3.16. The molecule has 0 aliphatic carbocycles. The van der Waals surface area contributed by atoms with Gasteiger partial charge in [0.15, 0.2) is 0 Å². The highest BCUT2D eigenvalue weighted by Gasteiger charge is 2.28. The van der Waals surface area contributed by atoms with Crippen molar-refractivity contribution in [1.82, 2.24) is 4.98 Å². The van der Waals surface area contributed by atoms with Crippen LogP contribution in [0.25, 0.3) is 0 Å². The molecule has 0 radical (unpaired) electrons. The van der Waals surface area contributed by atoms with Crippen molar-refractivity contribution in [3.63, 3.8) is 0 Å². The standard InChI is InChI=1S/C10H11NO4/c1-6(9(13)10(14)15)8(12)7-4-2-3-5-11-7/h2-6,8,12H,1H3,(H,14,15). The van der Waals surface area contributed by atoms with Crippen LogP contribution in [0.15, 0.2) is 24.4 Å². The minimum absolute atomic E-state index is 0.291. The zero-order valence-corrected chi connectivity index (χ0v) is 8.12. The molecule has 5 heteroatoms. The highest BCUT2D eigenvalue weighted by Crippen LogP contribution is 2.20. The number of ketones is 1. The van der Waals surface area contributed by atoms with Gasteiger partial charge in [0.1, 0.15) is 6.10 Å². The molecule has 1 aromatic rings. The monoisotopic (exact) mass is 209 g/mol. The van der Waals surface area contributed by atoms with E-state index in [0.29, 0.717) is 5.69 Å². The van der Waals surface area contributed by atoms with Gasteiger partial charge in [0.2, 0.25) is 5.78 Å². The third kappa shape index (κ3) is 2.60. The van der Waals surface area contributed by atoms with E-state index in [-0.39, 0.29) is 0 Å². The summed E-state index contributed by atoms with van der Waals surface area (Å²) < 4.78 is 0. The summed E-state index contributed by atoms with van der Waals surface area (Å²) in [5, 5.41) is 18.1. The molecule has 1 aromatic heterocycles. The molecule has 0 bridgehead atoms. The molecule has 0 spiro atoms. The molecular weight excluding hydrogens is 198 g/mol. The Balaban J connectivity index is 2.82. The molecule has 0 aromatic carbocycles. The van der Waals surface area contributed by atoms with Gasteiger partial charge in [0.05, 0.1) is 11.6 Å². The number of aliphatic hydroxyl groups is 1. The van der Waals surface area contributed by atoms with Gasteiger partial charge in [-0.25, -0.2) is 4.79 Å². The van der Waals surface area contributed by atoms with Crippen LogP contribution >= 0.6 is 0 Å². The summed E-state index contributed by atoms with van der Waals surface area (Å²) in [5.41, 5.74) is 0.291. The number of hydrogen-bond donors (Lipinski definition) is 2. The molecule has 0 saturated heterocycles. The summed E-state index contributed by atoms with van der Waals surface area (Å²) in [6.45, 7) is 1.36. The predicted octanol–water partition coefficient (Wildman–Crippen LogP) is 0.405. The molecule has 2 N–H and O–H groups in total. The maximum Gasteiger partial charge on any atom is 0.372 e. The van der Waals surface area contributed by atoms with E-state index in [1.54, 1.807) is 12.1 Å². The van der Waals surface area contributed by atoms with Crippen LogP contribution in [0, 0.1) is 5.92 Å². The zero-order chi connectivity index (χ0) is 11.4. The van der Waals surface area contributed by atoms with Gasteiger partial charge in [-0.05, 0) is 12.1 Å². The van der Waals surface area contributed by atoms with Gasteiger partial charge in [-0.15, -0.1) is 0 Å². The average Bonchev–Trinajstić information content (AvgIpc) is 2.27. The number of hydrogen-bond acceptors (Lipinski definition) is 4. The Morgan fingerprint density at radius 2 is 2.07 bits per heavy atom. The maximum absolute atomic E-state index is 11.1. The van der Waals surface area contributed by atoms with Gasteiger partial charge >= 0.3 is 5.97 Å². The average molecular weight is 209 g/mol. The van der Waals surface area contributed by atoms with Gasteiger partial charge in [-0.2, -0.15) is 0 Å². The molecule has 0 amide bonds. The number of carboxylic acid groups (broad SMARTS) is 1. The number of carbonyl (C=O) groups is 2. The summed E-state index contributed by atoms with van der Waals surface area (Å²) in [4.78, 5) is 25.3. The molecule has 0 fully saturated rings. The van der Waals surface area contributed by atoms with Crippen LogP contribution in [0.2, 0.25) is 0 Å². The van der Waals surface area contributed by atoms with E-state index in [2.05, 4.69) is 4.98 Å². The number of carboxylic acids is 1. The first kappa shape index (κ1) is 11.3. The lowest BCUT2D eigenvalue weighted by atomic mass is 9.97. The lowest BCUT2D eigenvalue weighted by molar-refractivity contribution is -0.152. The van der Waals surface area contributed by atoms with E-state index in [1.165, 1.54) is 19.2 Å². The van der Waals surface area contributed by atoms with Crippen LogP contribution in [0.4, 0.5) is 0 Å². The van der Waals surface area contributed by atoms with Crippen molar-refractivity contribution in [3.05, 3.63) is 30.1 Å². The number of carbonyl (C=O) groups excluding carboxylic acids is 1. The van der Waals surface area contributed by atoms with Crippen LogP contribution in [-0.2, 0) is 9.59 Å². The van der Waals surface area contributed by atoms with E-state index in [1.807, 2.05) is 0 Å². The minimum Gasteiger partial charge on any atom is -0.475 e. The number of aromatic nitrogens is 1. The Hall–Kier alpha value is -1.75. The van der Waals surface area contributed by atoms with Gasteiger partial charge < -0.3 is 10.2 Å². The number of nitrogens with zero attached hydrogens (tertiary/aromatic N) is 1. The summed E-state index contributed by atoms with van der Waals surface area (Å²) in [7, 11) is 0. The molecular formula is C10H11NO4. The molecule has 1 rings (SSSR count). The van der Waals surface area contributed by atoms with Gasteiger partial charge in [0, 0.05) is 6.20 Å². The third-order valence-corrected chi connectivity index (χ3v) is 2.09. The number of rotatable bonds is 4. The van der Waals surface area contributed by atoms with Crippen molar-refractivity contribution in [3.8, 4) is 0 Å². The summed E-state index contributed by atoms with van der Waals surface area (Å²) >= 11 is 0. The van der Waals surface area contributed by atoms with Crippen LogP contribution in [0.1, 0.15) is 18.7 Å². The van der Waals surface area contributed by atoms with E-state index >= 15 is 0 Å². The molecule has 2 unspecified atom stereocenters. The molecule has 0 saturated carbocycles. The third-order valence-electron chi connectivity index (χ3n) is 2.09. The number of Topliss-reactive ketones (excluding diaryl/α,β-unsaturated/α-hetero) is 1. The first-order chi connectivity index (χ1) is 7.04. The zero-order valence-electron chi connectivity index (χ0n) is 8.12. The lowest BCUT2D eigenvalue weighted by Gasteiger charge is -2.14. The fourth-order valence-corrected chi connectivity index (χ4v) is 1.15. The summed E-state index contributed by atoms with van der Waals surface area (Å²) in [6.07, 6.45) is 0.283. The topological polar surface area (TPSA) is 87.5 Å². The molecule has 1 heterocycles. The van der Waals surface area contributed by atoms with Crippen LogP contribution in [0.5, 0.6) is 0 Å². The van der Waals surface area contributed by atoms with Crippen molar-refractivity contribution < 1.29 is 19.8 Å². The SMILES string of the molecule is CC(C(=O)C(=O)O)C(O)c1ccccn1. The first-order valence-corrected chi connectivity index (χ1v) is 4.40. The van der Waals surface area contributed by atoms with Crippen molar-refractivity contribution in [2.75, 3.05) is 0 Å². The molecule has 0 aliphatic heterocycles. The molecule has 0 aliphatic rings. The Labute approximate surface area is 86.4 Å². The predicted molar refractivity (Wildman–Crippen MR) is 51.0 cm³/mol. The van der Waals surface area contributed by atoms with Crippen molar-refractivity contribution in [1.29, 1.82) is 0 Å². The van der Waals surface area contributed by atoms with E-state index in [9.17, 15) is 14.7 Å². The second-order valence-electron chi connectivity index (χ2n) is 3.16. The van der Waals surface area contributed by atoms with Crippen molar-refractivity contribution in [2.24, 2.45) is 5.92 Å². The fraction of sp³-hybridized carbons (Fsp3) is 0.300. The van der Waals surface area contributed by atoms with Crippen LogP contribution in [-0.4, -0.2) is 26.9 Å². The van der Waals surface area contributed by atoms with E-state index < -0.39 is 23.8 Å². The van der Waals surface area contributed by atoms with Crippen molar-refractivity contribution in [2.45, 2.75) is 13.0 Å². The normalized spacial score (nSPS) is 14.3. The Morgan fingerprint density at radius 3 is 2.53 bits per heavy atom. The fourth-order valence-electron chi connectivity index (χ4n) is 1.15. The van der Waals surface area contributed by atoms with Gasteiger partial charge in [0.25, 0.3) is 0 Å². The number of pyridine rings is 1. The van der Waals surface area contributed by atoms with E-state index in [4.69, 9.17) is 5.11 Å². The summed E-state index contributed by atoms with van der Waals surface area (Å²) in [5.74, 6) is -3.57.